The Morgan fingerprint density at radius 1 is 1.47 bits per heavy atom. The van der Waals surface area contributed by atoms with Gasteiger partial charge < -0.3 is 5.11 Å². The Labute approximate surface area is 113 Å². The Hall–Kier alpha value is -0.140. The van der Waals surface area contributed by atoms with Gasteiger partial charge >= 0.3 is 0 Å². The molecule has 1 aromatic carbocycles. The average Bonchev–Trinajstić information content (AvgIpc) is 2.69. The normalized spacial score (nSPS) is 21.9. The minimum Gasteiger partial charge on any atom is -0.392 e. The van der Waals surface area contributed by atoms with Crippen LogP contribution in [-0.2, 0) is 10.0 Å². The molecule has 1 saturated heterocycles. The Kier molecular flexibility index (Phi) is 3.80. The smallest absolute Gasteiger partial charge is 0.243 e. The van der Waals surface area contributed by atoms with E-state index < -0.39 is 16.1 Å². The lowest BCUT2D eigenvalue weighted by Gasteiger charge is -2.16. The zero-order valence-electron chi connectivity index (χ0n) is 8.81. The van der Waals surface area contributed by atoms with Gasteiger partial charge in [-0.2, -0.15) is 4.31 Å². The van der Waals surface area contributed by atoms with Crippen molar-refractivity contribution in [2.45, 2.75) is 17.4 Å². The number of aliphatic hydroxyl groups is 1. The van der Waals surface area contributed by atoms with Gasteiger partial charge in [0.2, 0.25) is 10.0 Å². The van der Waals surface area contributed by atoms with Crippen molar-refractivity contribution in [3.8, 4) is 0 Å². The van der Waals surface area contributed by atoms with Crippen molar-refractivity contribution < 1.29 is 13.5 Å². The van der Waals surface area contributed by atoms with Crippen molar-refractivity contribution in [2.24, 2.45) is 0 Å². The molecule has 1 heterocycles. The molecule has 2 rings (SSSR count). The van der Waals surface area contributed by atoms with E-state index in [1.54, 1.807) is 0 Å². The highest BCUT2D eigenvalue weighted by molar-refractivity contribution is 9.10. The van der Waals surface area contributed by atoms with E-state index in [1.165, 1.54) is 22.5 Å². The standard InChI is InChI=1S/C10H11BrClNO3S/c11-9-5-8(1-2-10(9)12)17(15,16)13-4-3-7(14)6-13/h1-2,5,7,14H,3-4,6H2/t7-/m0/s1. The molecule has 1 aromatic rings. The molecule has 0 unspecified atom stereocenters. The van der Waals surface area contributed by atoms with Crippen LogP contribution in [0.5, 0.6) is 0 Å². The third-order valence-electron chi connectivity index (χ3n) is 2.65. The molecular weight excluding hydrogens is 330 g/mol. The summed E-state index contributed by atoms with van der Waals surface area (Å²) in [5.41, 5.74) is 0. The molecule has 4 nitrogen and oxygen atoms in total. The number of nitrogens with zero attached hydrogens (tertiary/aromatic N) is 1. The van der Waals surface area contributed by atoms with Crippen LogP contribution < -0.4 is 0 Å². The van der Waals surface area contributed by atoms with E-state index in [4.69, 9.17) is 11.6 Å². The molecule has 0 amide bonds. The predicted octanol–water partition coefficient (Wildman–Crippen LogP) is 1.86. The maximum Gasteiger partial charge on any atom is 0.243 e. The van der Waals surface area contributed by atoms with Crippen molar-refractivity contribution in [3.05, 3.63) is 27.7 Å². The zero-order valence-corrected chi connectivity index (χ0v) is 12.0. The van der Waals surface area contributed by atoms with Crippen LogP contribution in [0, 0.1) is 0 Å². The van der Waals surface area contributed by atoms with Crippen LogP contribution in [0.25, 0.3) is 0 Å². The van der Waals surface area contributed by atoms with Gasteiger partial charge in [-0.3, -0.25) is 0 Å². The van der Waals surface area contributed by atoms with Crippen LogP contribution >= 0.6 is 27.5 Å². The number of β-amino-alcohol motifs (C(OH)–C–C–N with tert-alkyl or cyclic N) is 1. The summed E-state index contributed by atoms with van der Waals surface area (Å²) in [7, 11) is -3.53. The second-order valence-corrected chi connectivity index (χ2v) is 7.08. The lowest BCUT2D eigenvalue weighted by Crippen LogP contribution is -2.29. The van der Waals surface area contributed by atoms with Crippen molar-refractivity contribution in [2.75, 3.05) is 13.1 Å². The number of aliphatic hydroxyl groups excluding tert-OH is 1. The number of halogens is 2. The maximum atomic E-state index is 12.2. The SMILES string of the molecule is O=S(=O)(c1ccc(Cl)c(Br)c1)N1CC[C@H](O)C1. The first kappa shape index (κ1) is 13.3. The number of sulfonamides is 1. The van der Waals surface area contributed by atoms with E-state index in [1.807, 2.05) is 0 Å². The second kappa shape index (κ2) is 4.85. The topological polar surface area (TPSA) is 57.6 Å². The van der Waals surface area contributed by atoms with Crippen LogP contribution in [-0.4, -0.2) is 37.0 Å². The van der Waals surface area contributed by atoms with Gasteiger partial charge in [-0.05, 0) is 40.5 Å². The highest BCUT2D eigenvalue weighted by Crippen LogP contribution is 2.28. The molecule has 17 heavy (non-hydrogen) atoms. The van der Waals surface area contributed by atoms with Crippen LogP contribution in [0.4, 0.5) is 0 Å². The van der Waals surface area contributed by atoms with Gasteiger partial charge in [-0.25, -0.2) is 8.42 Å². The van der Waals surface area contributed by atoms with Crippen molar-refractivity contribution in [1.29, 1.82) is 0 Å². The van der Waals surface area contributed by atoms with Crippen molar-refractivity contribution >= 4 is 37.6 Å². The molecule has 1 aliphatic rings. The summed E-state index contributed by atoms with van der Waals surface area (Å²) in [5, 5.41) is 9.84. The number of rotatable bonds is 2. The minimum absolute atomic E-state index is 0.155. The molecule has 1 fully saturated rings. The van der Waals surface area contributed by atoms with E-state index in [-0.39, 0.29) is 11.4 Å². The van der Waals surface area contributed by atoms with Gasteiger partial charge in [0.05, 0.1) is 16.0 Å². The molecular formula is C10H11BrClNO3S. The highest BCUT2D eigenvalue weighted by atomic mass is 79.9. The minimum atomic E-state index is -3.53. The molecule has 7 heteroatoms. The number of benzene rings is 1. The van der Waals surface area contributed by atoms with Gasteiger partial charge in [0, 0.05) is 17.6 Å². The second-order valence-electron chi connectivity index (χ2n) is 3.88. The Balaban J connectivity index is 2.35. The van der Waals surface area contributed by atoms with Crippen LogP contribution in [0.2, 0.25) is 5.02 Å². The third kappa shape index (κ3) is 2.66. The van der Waals surface area contributed by atoms with Gasteiger partial charge in [-0.15, -0.1) is 0 Å². The molecule has 0 bridgehead atoms. The molecule has 1 N–H and O–H groups in total. The summed E-state index contributed by atoms with van der Waals surface area (Å²) in [6.45, 7) is 0.506. The van der Waals surface area contributed by atoms with Crippen molar-refractivity contribution in [3.63, 3.8) is 0 Å². The van der Waals surface area contributed by atoms with Gasteiger partial charge in [0.25, 0.3) is 0 Å². The predicted molar refractivity (Wildman–Crippen MR) is 68.5 cm³/mol. The van der Waals surface area contributed by atoms with Gasteiger partial charge in [-0.1, -0.05) is 11.6 Å². The van der Waals surface area contributed by atoms with E-state index in [2.05, 4.69) is 15.9 Å². The maximum absolute atomic E-state index is 12.2. The third-order valence-corrected chi connectivity index (χ3v) is 5.73. The summed E-state index contributed by atoms with van der Waals surface area (Å²) < 4.78 is 26.2. The summed E-state index contributed by atoms with van der Waals surface area (Å²) in [6.07, 6.45) is -0.0888. The number of hydrogen-bond acceptors (Lipinski definition) is 3. The quantitative estimate of drug-likeness (QED) is 0.894. The van der Waals surface area contributed by atoms with E-state index in [0.29, 0.717) is 22.5 Å². The summed E-state index contributed by atoms with van der Waals surface area (Å²) in [4.78, 5) is 0.183. The average molecular weight is 341 g/mol. The Morgan fingerprint density at radius 2 is 2.18 bits per heavy atom. The molecule has 0 radical (unpaired) electrons. The van der Waals surface area contributed by atoms with Crippen LogP contribution in [0.3, 0.4) is 0 Å². The summed E-state index contributed by atoms with van der Waals surface area (Å²) >= 11 is 9.01. The number of hydrogen-bond donors (Lipinski definition) is 1. The molecule has 0 saturated carbocycles. The lowest BCUT2D eigenvalue weighted by atomic mass is 10.3. The fourth-order valence-electron chi connectivity index (χ4n) is 1.72. The zero-order chi connectivity index (χ0) is 12.6. The highest BCUT2D eigenvalue weighted by Gasteiger charge is 2.31. The van der Waals surface area contributed by atoms with Crippen LogP contribution in [0.1, 0.15) is 6.42 Å². The molecule has 0 aliphatic carbocycles. The first-order valence-electron chi connectivity index (χ1n) is 5.04. The first-order valence-corrected chi connectivity index (χ1v) is 7.65. The Morgan fingerprint density at radius 3 is 2.71 bits per heavy atom. The molecule has 1 aliphatic heterocycles. The first-order chi connectivity index (χ1) is 7.91. The van der Waals surface area contributed by atoms with E-state index in [0.717, 1.165) is 0 Å². The lowest BCUT2D eigenvalue weighted by molar-refractivity contribution is 0.189. The molecule has 0 aromatic heterocycles. The molecule has 1 atom stereocenters. The largest absolute Gasteiger partial charge is 0.392 e. The van der Waals surface area contributed by atoms with E-state index in [9.17, 15) is 13.5 Å². The van der Waals surface area contributed by atoms with Gasteiger partial charge in [0.1, 0.15) is 0 Å². The van der Waals surface area contributed by atoms with Crippen molar-refractivity contribution in [1.82, 2.24) is 4.31 Å². The fraction of sp³-hybridized carbons (Fsp3) is 0.400. The Bertz CT molecular complexity index is 534. The van der Waals surface area contributed by atoms with Crippen LogP contribution in [0.15, 0.2) is 27.6 Å². The molecule has 0 spiro atoms. The summed E-state index contributed by atoms with van der Waals surface area (Å²) in [6, 6.07) is 4.47. The van der Waals surface area contributed by atoms with E-state index >= 15 is 0 Å². The fourth-order valence-corrected chi connectivity index (χ4v) is 3.88. The monoisotopic (exact) mass is 339 g/mol. The van der Waals surface area contributed by atoms with Gasteiger partial charge in [0.15, 0.2) is 0 Å². The molecule has 94 valence electrons. The summed E-state index contributed by atoms with van der Waals surface area (Å²) in [5.74, 6) is 0.